The maximum Gasteiger partial charge on any atom is 0.0598 e. The quantitative estimate of drug-likeness (QED) is 0.770. The van der Waals surface area contributed by atoms with Gasteiger partial charge in [-0.1, -0.05) is 36.3 Å². The first-order chi connectivity index (χ1) is 12.3. The van der Waals surface area contributed by atoms with Crippen LogP contribution in [0.2, 0.25) is 0 Å². The topological polar surface area (TPSA) is 38.7 Å². The molecule has 1 aromatic carbocycles. The molecular weight excluding hydrogens is 310 g/mol. The Bertz CT molecular complexity index is 548. The number of hydrogen-bond donors (Lipinski definition) is 2. The van der Waals surface area contributed by atoms with Crippen LogP contribution in [0.25, 0.3) is 0 Å². The first kappa shape index (κ1) is 18.4. The smallest absolute Gasteiger partial charge is 0.0598 e. The van der Waals surface area contributed by atoms with E-state index in [-0.39, 0.29) is 6.61 Å². The molecule has 2 N–H and O–H groups in total. The first-order valence-electron chi connectivity index (χ1n) is 9.57. The van der Waals surface area contributed by atoms with Crippen LogP contribution in [-0.2, 0) is 6.54 Å². The fraction of sp³-hybridized carbons (Fsp3) is 0.619. The zero-order valence-corrected chi connectivity index (χ0v) is 15.1. The van der Waals surface area contributed by atoms with Crippen LogP contribution in [0.5, 0.6) is 0 Å². The summed E-state index contributed by atoms with van der Waals surface area (Å²) in [4.78, 5) is 4.87. The van der Waals surface area contributed by atoms with Gasteiger partial charge in [-0.2, -0.15) is 0 Å². The molecular formula is C21H31N3O. The van der Waals surface area contributed by atoms with E-state index in [1.165, 1.54) is 5.56 Å². The van der Waals surface area contributed by atoms with Gasteiger partial charge in [0.2, 0.25) is 0 Å². The van der Waals surface area contributed by atoms with Gasteiger partial charge in [-0.25, -0.2) is 0 Å². The minimum atomic E-state index is 0.285. The molecule has 0 amide bonds. The molecule has 2 saturated heterocycles. The SMILES string of the molecule is C#CCN1CCC(N[C@H]2CN(Cc3ccccc3)CC[C@H]2CO)CC1. The molecule has 0 aliphatic carbocycles. The van der Waals surface area contributed by atoms with E-state index >= 15 is 0 Å². The largest absolute Gasteiger partial charge is 0.396 e. The Kier molecular flexibility index (Phi) is 6.89. The van der Waals surface area contributed by atoms with Crippen LogP contribution >= 0.6 is 0 Å². The Morgan fingerprint density at radius 2 is 1.80 bits per heavy atom. The van der Waals surface area contributed by atoms with Crippen molar-refractivity contribution >= 4 is 0 Å². The molecule has 1 aromatic rings. The lowest BCUT2D eigenvalue weighted by atomic mass is 9.90. The van der Waals surface area contributed by atoms with Gasteiger partial charge < -0.3 is 10.4 Å². The van der Waals surface area contributed by atoms with E-state index in [1.807, 2.05) is 0 Å². The number of likely N-dealkylation sites (tertiary alicyclic amines) is 2. The summed E-state index contributed by atoms with van der Waals surface area (Å²) < 4.78 is 0. The number of aliphatic hydroxyl groups excluding tert-OH is 1. The van der Waals surface area contributed by atoms with Gasteiger partial charge >= 0.3 is 0 Å². The highest BCUT2D eigenvalue weighted by molar-refractivity contribution is 5.14. The summed E-state index contributed by atoms with van der Waals surface area (Å²) in [5.74, 6) is 3.12. The number of terminal acetylenes is 1. The summed E-state index contributed by atoms with van der Waals surface area (Å²) in [5, 5.41) is 13.6. The Hall–Kier alpha value is -1.38. The molecule has 2 aliphatic rings. The lowest BCUT2D eigenvalue weighted by Gasteiger charge is -2.41. The molecule has 0 saturated carbocycles. The molecule has 2 aliphatic heterocycles. The molecule has 136 valence electrons. The van der Waals surface area contributed by atoms with Crippen molar-refractivity contribution in [3.63, 3.8) is 0 Å². The van der Waals surface area contributed by atoms with Crippen LogP contribution in [0.4, 0.5) is 0 Å². The number of aliphatic hydroxyl groups is 1. The van der Waals surface area contributed by atoms with E-state index in [9.17, 15) is 5.11 Å². The van der Waals surface area contributed by atoms with Crippen LogP contribution in [-0.4, -0.2) is 66.3 Å². The van der Waals surface area contributed by atoms with E-state index in [1.54, 1.807) is 0 Å². The van der Waals surface area contributed by atoms with Gasteiger partial charge in [0.05, 0.1) is 6.54 Å². The third-order valence-electron chi connectivity index (χ3n) is 5.68. The number of benzene rings is 1. The Balaban J connectivity index is 1.52. The van der Waals surface area contributed by atoms with E-state index < -0.39 is 0 Å². The van der Waals surface area contributed by atoms with Crippen molar-refractivity contribution in [1.82, 2.24) is 15.1 Å². The molecule has 0 unspecified atom stereocenters. The molecule has 4 heteroatoms. The molecule has 0 bridgehead atoms. The second-order valence-corrected chi connectivity index (χ2v) is 7.48. The molecule has 0 spiro atoms. The molecule has 3 rings (SSSR count). The van der Waals surface area contributed by atoms with Crippen molar-refractivity contribution < 1.29 is 5.11 Å². The molecule has 4 nitrogen and oxygen atoms in total. The van der Waals surface area contributed by atoms with Crippen molar-refractivity contribution in [1.29, 1.82) is 0 Å². The minimum Gasteiger partial charge on any atom is -0.396 e. The Labute approximate surface area is 152 Å². The van der Waals surface area contributed by atoms with Crippen molar-refractivity contribution in [2.45, 2.75) is 37.9 Å². The van der Waals surface area contributed by atoms with E-state index in [2.05, 4.69) is 51.4 Å². The maximum absolute atomic E-state index is 9.79. The van der Waals surface area contributed by atoms with Crippen LogP contribution in [0.1, 0.15) is 24.8 Å². The molecule has 2 heterocycles. The average molecular weight is 341 g/mol. The van der Waals surface area contributed by atoms with Gasteiger partial charge in [-0.3, -0.25) is 9.80 Å². The summed E-state index contributed by atoms with van der Waals surface area (Å²) in [6, 6.07) is 11.6. The summed E-state index contributed by atoms with van der Waals surface area (Å²) in [5.41, 5.74) is 1.37. The van der Waals surface area contributed by atoms with Gasteiger partial charge in [-0.15, -0.1) is 6.42 Å². The number of nitrogens with zero attached hydrogens (tertiary/aromatic N) is 2. The number of piperidine rings is 2. The van der Waals surface area contributed by atoms with E-state index in [4.69, 9.17) is 6.42 Å². The summed E-state index contributed by atoms with van der Waals surface area (Å²) in [7, 11) is 0. The lowest BCUT2D eigenvalue weighted by Crippen LogP contribution is -2.56. The number of hydrogen-bond acceptors (Lipinski definition) is 4. The highest BCUT2D eigenvalue weighted by Gasteiger charge is 2.31. The van der Waals surface area contributed by atoms with Gasteiger partial charge in [0.25, 0.3) is 0 Å². The predicted molar refractivity (Wildman–Crippen MR) is 102 cm³/mol. The number of nitrogens with one attached hydrogen (secondary N) is 1. The minimum absolute atomic E-state index is 0.285. The number of rotatable bonds is 6. The fourth-order valence-electron chi connectivity index (χ4n) is 4.15. The first-order valence-corrected chi connectivity index (χ1v) is 9.57. The second kappa shape index (κ2) is 9.35. The normalized spacial score (nSPS) is 26.4. The van der Waals surface area contributed by atoms with Gasteiger partial charge in [0, 0.05) is 44.9 Å². The summed E-state index contributed by atoms with van der Waals surface area (Å²) >= 11 is 0. The van der Waals surface area contributed by atoms with Gasteiger partial charge in [0.1, 0.15) is 0 Å². The van der Waals surface area contributed by atoms with Crippen LogP contribution in [0.15, 0.2) is 30.3 Å². The molecule has 0 radical (unpaired) electrons. The van der Waals surface area contributed by atoms with Crippen LogP contribution < -0.4 is 5.32 Å². The van der Waals surface area contributed by atoms with Crippen LogP contribution in [0, 0.1) is 18.3 Å². The molecule has 2 fully saturated rings. The second-order valence-electron chi connectivity index (χ2n) is 7.48. The third kappa shape index (κ3) is 5.29. The third-order valence-corrected chi connectivity index (χ3v) is 5.68. The molecule has 0 aromatic heterocycles. The Morgan fingerprint density at radius 3 is 2.48 bits per heavy atom. The standard InChI is InChI=1S/C21H31N3O/c1-2-11-23-13-9-20(10-14-23)22-21-16-24(12-8-19(21)17-25)15-18-6-4-3-5-7-18/h1,3-7,19-22,25H,8-17H2/t19-,21-/m0/s1. The summed E-state index contributed by atoms with van der Waals surface area (Å²) in [6.07, 6.45) is 8.78. The predicted octanol–water partition coefficient (Wildman–Crippen LogP) is 1.56. The van der Waals surface area contributed by atoms with Crippen molar-refractivity contribution in [3.05, 3.63) is 35.9 Å². The van der Waals surface area contributed by atoms with E-state index in [0.717, 1.165) is 58.5 Å². The Morgan fingerprint density at radius 1 is 1.08 bits per heavy atom. The van der Waals surface area contributed by atoms with Crippen molar-refractivity contribution in [3.8, 4) is 12.3 Å². The van der Waals surface area contributed by atoms with Gasteiger partial charge in [0.15, 0.2) is 0 Å². The van der Waals surface area contributed by atoms with Gasteiger partial charge in [-0.05, 0) is 37.3 Å². The molecule has 25 heavy (non-hydrogen) atoms. The van der Waals surface area contributed by atoms with Crippen molar-refractivity contribution in [2.24, 2.45) is 5.92 Å². The highest BCUT2D eigenvalue weighted by Crippen LogP contribution is 2.21. The highest BCUT2D eigenvalue weighted by atomic mass is 16.3. The van der Waals surface area contributed by atoms with Crippen molar-refractivity contribution in [2.75, 3.05) is 39.3 Å². The zero-order chi connectivity index (χ0) is 17.5. The maximum atomic E-state index is 9.79. The zero-order valence-electron chi connectivity index (χ0n) is 15.1. The summed E-state index contributed by atoms with van der Waals surface area (Å²) in [6.45, 7) is 6.28. The monoisotopic (exact) mass is 341 g/mol. The van der Waals surface area contributed by atoms with Crippen LogP contribution in [0.3, 0.4) is 0 Å². The van der Waals surface area contributed by atoms with E-state index in [0.29, 0.717) is 18.0 Å². The molecule has 2 atom stereocenters. The fourth-order valence-corrected chi connectivity index (χ4v) is 4.15. The average Bonchev–Trinajstić information content (AvgIpc) is 2.65. The lowest BCUT2D eigenvalue weighted by molar-refractivity contribution is 0.0785.